The average Bonchev–Trinajstić information content (AvgIpc) is 3.03. The van der Waals surface area contributed by atoms with Crippen molar-refractivity contribution in [1.29, 1.82) is 0 Å². The van der Waals surface area contributed by atoms with Crippen LogP contribution in [0.4, 0.5) is 24.5 Å². The van der Waals surface area contributed by atoms with E-state index in [0.29, 0.717) is 17.3 Å². The lowest BCUT2D eigenvalue weighted by Crippen LogP contribution is -2.35. The summed E-state index contributed by atoms with van der Waals surface area (Å²) in [5.74, 6) is 0.816. The SMILES string of the molecule is FC(F)(F)c1cccc(NC(=S)N2CCS/C2=N/c2ccccc2)c1. The summed E-state index contributed by atoms with van der Waals surface area (Å²) in [5, 5.41) is 3.94. The minimum Gasteiger partial charge on any atom is -0.332 e. The smallest absolute Gasteiger partial charge is 0.332 e. The zero-order valence-electron chi connectivity index (χ0n) is 13.0. The van der Waals surface area contributed by atoms with Crippen molar-refractivity contribution >= 4 is 45.6 Å². The van der Waals surface area contributed by atoms with Crippen LogP contribution in [0.5, 0.6) is 0 Å². The molecular formula is C17H14F3N3S2. The number of anilines is 1. The summed E-state index contributed by atoms with van der Waals surface area (Å²) < 4.78 is 38.5. The predicted molar refractivity (Wildman–Crippen MR) is 100 cm³/mol. The van der Waals surface area contributed by atoms with Crippen molar-refractivity contribution in [3.05, 3.63) is 60.2 Å². The molecule has 3 nitrogen and oxygen atoms in total. The lowest BCUT2D eigenvalue weighted by Gasteiger charge is -2.20. The van der Waals surface area contributed by atoms with Crippen LogP contribution in [0.15, 0.2) is 59.6 Å². The Morgan fingerprint density at radius 2 is 1.88 bits per heavy atom. The molecule has 1 aliphatic rings. The van der Waals surface area contributed by atoms with Crippen molar-refractivity contribution < 1.29 is 13.2 Å². The molecular weight excluding hydrogens is 367 g/mol. The van der Waals surface area contributed by atoms with E-state index >= 15 is 0 Å². The van der Waals surface area contributed by atoms with E-state index in [-0.39, 0.29) is 0 Å². The van der Waals surface area contributed by atoms with Crippen LogP contribution < -0.4 is 5.32 Å². The van der Waals surface area contributed by atoms with Gasteiger partial charge in [-0.05, 0) is 42.5 Å². The fourth-order valence-electron chi connectivity index (χ4n) is 2.26. The molecule has 3 rings (SSSR count). The molecule has 25 heavy (non-hydrogen) atoms. The Labute approximate surface area is 152 Å². The number of aliphatic imine (C=N–C) groups is 1. The third-order valence-electron chi connectivity index (χ3n) is 3.44. The molecule has 0 bridgehead atoms. The second-order valence-electron chi connectivity index (χ2n) is 5.24. The van der Waals surface area contributed by atoms with Crippen molar-refractivity contribution in [2.75, 3.05) is 17.6 Å². The number of para-hydroxylation sites is 1. The first-order chi connectivity index (χ1) is 11.9. The summed E-state index contributed by atoms with van der Waals surface area (Å²) >= 11 is 6.93. The van der Waals surface area contributed by atoms with Gasteiger partial charge in [0, 0.05) is 18.0 Å². The summed E-state index contributed by atoms with van der Waals surface area (Å²) in [6, 6.07) is 14.4. The first kappa shape index (κ1) is 17.8. The highest BCUT2D eigenvalue weighted by molar-refractivity contribution is 8.14. The topological polar surface area (TPSA) is 27.6 Å². The maximum absolute atomic E-state index is 12.8. The minimum absolute atomic E-state index is 0.302. The van der Waals surface area contributed by atoms with Crippen molar-refractivity contribution in [3.63, 3.8) is 0 Å². The van der Waals surface area contributed by atoms with Gasteiger partial charge in [-0.1, -0.05) is 36.0 Å². The number of benzene rings is 2. The van der Waals surface area contributed by atoms with Gasteiger partial charge in [-0.25, -0.2) is 4.99 Å². The van der Waals surface area contributed by atoms with E-state index in [4.69, 9.17) is 12.2 Å². The number of alkyl halides is 3. The summed E-state index contributed by atoms with van der Waals surface area (Å²) in [4.78, 5) is 6.36. The zero-order chi connectivity index (χ0) is 17.9. The third kappa shape index (κ3) is 4.52. The standard InChI is InChI=1S/C17H14F3N3S2/c18-17(19,20)12-5-4-8-14(11-12)21-15(24)23-9-10-25-16(23)22-13-6-2-1-3-7-13/h1-8,11H,9-10H2,(H,21,24)/b22-16+. The van der Waals surface area contributed by atoms with Crippen molar-refractivity contribution in [2.24, 2.45) is 4.99 Å². The predicted octanol–water partition coefficient (Wildman–Crippen LogP) is 5.14. The quantitative estimate of drug-likeness (QED) is 0.729. The number of amidine groups is 1. The average molecular weight is 381 g/mol. The monoisotopic (exact) mass is 381 g/mol. The molecule has 1 heterocycles. The summed E-state index contributed by atoms with van der Waals surface area (Å²) in [6.45, 7) is 0.654. The largest absolute Gasteiger partial charge is 0.416 e. The van der Waals surface area contributed by atoms with Gasteiger partial charge in [0.25, 0.3) is 0 Å². The maximum atomic E-state index is 12.8. The molecule has 1 N–H and O–H groups in total. The Kier molecular flexibility index (Phi) is 5.29. The number of nitrogens with one attached hydrogen (secondary N) is 1. The number of thiocarbonyl (C=S) groups is 1. The van der Waals surface area contributed by atoms with Gasteiger partial charge < -0.3 is 5.32 Å². The number of rotatable bonds is 2. The highest BCUT2D eigenvalue weighted by Crippen LogP contribution is 2.31. The van der Waals surface area contributed by atoms with Gasteiger partial charge in [0.15, 0.2) is 10.3 Å². The lowest BCUT2D eigenvalue weighted by molar-refractivity contribution is -0.137. The molecule has 0 aliphatic carbocycles. The van der Waals surface area contributed by atoms with Crippen LogP contribution in [0.3, 0.4) is 0 Å². The summed E-state index contributed by atoms with van der Waals surface area (Å²) in [7, 11) is 0. The van der Waals surface area contributed by atoms with Crippen LogP contribution in [-0.2, 0) is 6.18 Å². The molecule has 0 spiro atoms. The summed E-state index contributed by atoms with van der Waals surface area (Å²) in [6.07, 6.45) is -4.39. The van der Waals surface area contributed by atoms with Crippen LogP contribution in [0, 0.1) is 0 Å². The zero-order valence-corrected chi connectivity index (χ0v) is 14.6. The third-order valence-corrected chi connectivity index (χ3v) is 4.72. The number of hydrogen-bond donors (Lipinski definition) is 1. The fourth-order valence-corrected chi connectivity index (χ4v) is 3.58. The normalized spacial score (nSPS) is 16.3. The van der Waals surface area contributed by atoms with E-state index < -0.39 is 11.7 Å². The molecule has 0 saturated carbocycles. The van der Waals surface area contributed by atoms with Gasteiger partial charge in [0.05, 0.1) is 11.3 Å². The Balaban J connectivity index is 1.76. The van der Waals surface area contributed by atoms with Gasteiger partial charge >= 0.3 is 6.18 Å². The lowest BCUT2D eigenvalue weighted by atomic mass is 10.2. The molecule has 1 fully saturated rings. The number of hydrogen-bond acceptors (Lipinski definition) is 3. The Morgan fingerprint density at radius 1 is 1.12 bits per heavy atom. The molecule has 0 radical (unpaired) electrons. The molecule has 1 aliphatic heterocycles. The van der Waals surface area contributed by atoms with E-state index in [9.17, 15) is 13.2 Å². The van der Waals surface area contributed by atoms with Gasteiger partial charge in [0.1, 0.15) is 0 Å². The van der Waals surface area contributed by atoms with Crippen molar-refractivity contribution in [2.45, 2.75) is 6.18 Å². The van der Waals surface area contributed by atoms with Crippen molar-refractivity contribution in [1.82, 2.24) is 4.90 Å². The first-order valence-electron chi connectivity index (χ1n) is 7.46. The Bertz CT molecular complexity index is 791. The van der Waals surface area contributed by atoms with Gasteiger partial charge in [0.2, 0.25) is 0 Å². The Hall–Kier alpha value is -2.06. The molecule has 2 aromatic carbocycles. The molecule has 0 aromatic heterocycles. The highest BCUT2D eigenvalue weighted by Gasteiger charge is 2.30. The molecule has 130 valence electrons. The van der Waals surface area contributed by atoms with E-state index in [2.05, 4.69) is 10.3 Å². The van der Waals surface area contributed by atoms with Crippen LogP contribution in [0.2, 0.25) is 0 Å². The number of halogens is 3. The van der Waals surface area contributed by atoms with Crippen LogP contribution in [0.1, 0.15) is 5.56 Å². The highest BCUT2D eigenvalue weighted by atomic mass is 32.2. The molecule has 0 atom stereocenters. The van der Waals surface area contributed by atoms with Gasteiger partial charge in [-0.2, -0.15) is 13.2 Å². The van der Waals surface area contributed by atoms with Crippen molar-refractivity contribution in [3.8, 4) is 0 Å². The summed E-state index contributed by atoms with van der Waals surface area (Å²) in [5.41, 5.74) is 0.392. The molecule has 0 amide bonds. The molecule has 0 unspecified atom stereocenters. The molecule has 8 heteroatoms. The van der Waals surface area contributed by atoms with Crippen LogP contribution in [0.25, 0.3) is 0 Å². The maximum Gasteiger partial charge on any atom is 0.416 e. The second kappa shape index (κ2) is 7.45. The first-order valence-corrected chi connectivity index (χ1v) is 8.85. The fraction of sp³-hybridized carbons (Fsp3) is 0.176. The second-order valence-corrected chi connectivity index (χ2v) is 6.69. The van der Waals surface area contributed by atoms with E-state index in [0.717, 1.165) is 28.7 Å². The van der Waals surface area contributed by atoms with Gasteiger partial charge in [-0.3, -0.25) is 4.90 Å². The number of thioether (sulfide) groups is 1. The molecule has 2 aromatic rings. The van der Waals surface area contributed by atoms with Crippen LogP contribution in [-0.4, -0.2) is 27.5 Å². The van der Waals surface area contributed by atoms with Crippen LogP contribution >= 0.6 is 24.0 Å². The molecule has 1 saturated heterocycles. The van der Waals surface area contributed by atoms with E-state index in [1.807, 2.05) is 30.3 Å². The minimum atomic E-state index is -4.39. The van der Waals surface area contributed by atoms with E-state index in [1.165, 1.54) is 6.07 Å². The van der Waals surface area contributed by atoms with Gasteiger partial charge in [-0.15, -0.1) is 0 Å². The van der Waals surface area contributed by atoms with E-state index in [1.54, 1.807) is 22.7 Å². The Morgan fingerprint density at radius 3 is 2.60 bits per heavy atom. The number of nitrogens with zero attached hydrogens (tertiary/aromatic N) is 2.